The van der Waals surface area contributed by atoms with Gasteiger partial charge in [0.25, 0.3) is 0 Å². The van der Waals surface area contributed by atoms with E-state index in [9.17, 15) is 4.79 Å². The van der Waals surface area contributed by atoms with E-state index in [4.69, 9.17) is 33.8 Å². The maximum Gasteiger partial charge on any atom is 0.428 e. The van der Waals surface area contributed by atoms with E-state index in [1.165, 1.54) is 0 Å². The average Bonchev–Trinajstić information content (AvgIpc) is 2.54. The van der Waals surface area contributed by atoms with Gasteiger partial charge in [-0.1, -0.05) is 35.3 Å². The van der Waals surface area contributed by atoms with Gasteiger partial charge in [0.2, 0.25) is 0 Å². The van der Waals surface area contributed by atoms with Gasteiger partial charge in [0.1, 0.15) is 0 Å². The number of hydrazine groups is 1. The fourth-order valence-corrected chi connectivity index (χ4v) is 2.38. The molecule has 0 aliphatic rings. The fourth-order valence-electron chi connectivity index (χ4n) is 1.90. The Kier molecular flexibility index (Phi) is 6.10. The summed E-state index contributed by atoms with van der Waals surface area (Å²) in [5, 5.41) is 5.34. The predicted molar refractivity (Wildman–Crippen MR) is 93.9 cm³/mol. The molecule has 0 atom stereocenters. The standard InChI is InChI=1S/C16H17Cl2N3O2/c1-2-23-16(22)21(19)13-6-3-11(4-7-13)10-20-15-8-5-12(17)9-14(15)18/h3-9,20H,2,10,19H2,1H3. The zero-order valence-electron chi connectivity index (χ0n) is 12.6. The summed E-state index contributed by atoms with van der Waals surface area (Å²) >= 11 is 12.0. The van der Waals surface area contributed by atoms with Crippen molar-refractivity contribution >= 4 is 40.7 Å². The monoisotopic (exact) mass is 353 g/mol. The van der Waals surface area contributed by atoms with Crippen LogP contribution in [0.25, 0.3) is 0 Å². The van der Waals surface area contributed by atoms with Crippen LogP contribution in [-0.4, -0.2) is 12.7 Å². The second-order valence-corrected chi connectivity index (χ2v) is 5.56. The van der Waals surface area contributed by atoms with Crippen LogP contribution in [0.15, 0.2) is 42.5 Å². The van der Waals surface area contributed by atoms with Gasteiger partial charge in [0.05, 0.1) is 23.0 Å². The number of ether oxygens (including phenoxy) is 1. The third kappa shape index (κ3) is 4.76. The molecule has 2 rings (SSSR count). The van der Waals surface area contributed by atoms with Crippen molar-refractivity contribution in [2.24, 2.45) is 5.84 Å². The summed E-state index contributed by atoms with van der Waals surface area (Å²) < 4.78 is 4.84. The lowest BCUT2D eigenvalue weighted by molar-refractivity contribution is 0.160. The highest BCUT2D eigenvalue weighted by atomic mass is 35.5. The molecule has 0 aliphatic carbocycles. The summed E-state index contributed by atoms with van der Waals surface area (Å²) in [5.41, 5.74) is 2.36. The Balaban J connectivity index is 1.98. The number of halogens is 2. The fraction of sp³-hybridized carbons (Fsp3) is 0.188. The molecule has 0 spiro atoms. The summed E-state index contributed by atoms with van der Waals surface area (Å²) in [4.78, 5) is 11.5. The molecule has 0 saturated heterocycles. The molecule has 3 N–H and O–H groups in total. The van der Waals surface area contributed by atoms with Crippen molar-refractivity contribution in [3.8, 4) is 0 Å². The molecule has 0 heterocycles. The van der Waals surface area contributed by atoms with E-state index in [1.807, 2.05) is 18.2 Å². The van der Waals surface area contributed by atoms with Crippen LogP contribution in [0.5, 0.6) is 0 Å². The van der Waals surface area contributed by atoms with Gasteiger partial charge in [0.15, 0.2) is 0 Å². The maximum atomic E-state index is 11.5. The Hall–Kier alpha value is -1.95. The number of nitrogens with one attached hydrogen (secondary N) is 1. The second kappa shape index (κ2) is 8.06. The normalized spacial score (nSPS) is 10.3. The summed E-state index contributed by atoms with van der Waals surface area (Å²) in [7, 11) is 0. The molecule has 0 radical (unpaired) electrons. The molecule has 23 heavy (non-hydrogen) atoms. The number of hydrogen-bond acceptors (Lipinski definition) is 4. The number of hydrogen-bond donors (Lipinski definition) is 2. The Morgan fingerprint density at radius 2 is 1.91 bits per heavy atom. The molecule has 122 valence electrons. The average molecular weight is 354 g/mol. The third-order valence-electron chi connectivity index (χ3n) is 3.09. The minimum atomic E-state index is -0.591. The van der Waals surface area contributed by atoms with E-state index < -0.39 is 6.09 Å². The molecule has 0 unspecified atom stereocenters. The van der Waals surface area contributed by atoms with Crippen LogP contribution in [0, 0.1) is 0 Å². The van der Waals surface area contributed by atoms with Gasteiger partial charge in [-0.15, -0.1) is 0 Å². The van der Waals surface area contributed by atoms with E-state index in [-0.39, 0.29) is 6.61 Å². The first-order valence-corrected chi connectivity index (χ1v) is 7.76. The van der Waals surface area contributed by atoms with Crippen LogP contribution in [0.2, 0.25) is 10.0 Å². The van der Waals surface area contributed by atoms with E-state index in [0.717, 1.165) is 16.3 Å². The van der Waals surface area contributed by atoms with E-state index in [1.54, 1.807) is 31.2 Å². The van der Waals surface area contributed by atoms with Crippen LogP contribution in [0.1, 0.15) is 12.5 Å². The van der Waals surface area contributed by atoms with Gasteiger partial charge in [-0.05, 0) is 42.8 Å². The van der Waals surface area contributed by atoms with Gasteiger partial charge in [-0.25, -0.2) is 15.6 Å². The van der Waals surface area contributed by atoms with Crippen molar-refractivity contribution < 1.29 is 9.53 Å². The molecule has 0 fully saturated rings. The quantitative estimate of drug-likeness (QED) is 0.473. The summed E-state index contributed by atoms with van der Waals surface area (Å²) in [6, 6.07) is 12.5. The first kappa shape index (κ1) is 17.4. The van der Waals surface area contributed by atoms with Gasteiger partial charge in [0, 0.05) is 11.6 Å². The molecule has 1 amide bonds. The summed E-state index contributed by atoms with van der Waals surface area (Å²) in [5.74, 6) is 5.69. The van der Waals surface area contributed by atoms with E-state index in [0.29, 0.717) is 22.3 Å². The number of nitrogens with two attached hydrogens (primary N) is 1. The van der Waals surface area contributed by atoms with Crippen LogP contribution in [-0.2, 0) is 11.3 Å². The second-order valence-electron chi connectivity index (χ2n) is 4.71. The number of nitrogens with zero attached hydrogens (tertiary/aromatic N) is 1. The van der Waals surface area contributed by atoms with Gasteiger partial charge in [-0.2, -0.15) is 0 Å². The molecule has 0 aromatic heterocycles. The molecule has 5 nitrogen and oxygen atoms in total. The highest BCUT2D eigenvalue weighted by Gasteiger charge is 2.12. The minimum absolute atomic E-state index is 0.274. The zero-order valence-corrected chi connectivity index (χ0v) is 14.1. The smallest absolute Gasteiger partial charge is 0.428 e. The Morgan fingerprint density at radius 1 is 1.22 bits per heavy atom. The summed E-state index contributed by atoms with van der Waals surface area (Å²) in [6.07, 6.45) is -0.591. The largest absolute Gasteiger partial charge is 0.449 e. The number of rotatable bonds is 5. The van der Waals surface area contributed by atoms with Crippen molar-refractivity contribution in [2.75, 3.05) is 16.9 Å². The summed E-state index contributed by atoms with van der Waals surface area (Å²) in [6.45, 7) is 2.57. The Morgan fingerprint density at radius 3 is 2.52 bits per heavy atom. The first-order valence-electron chi connectivity index (χ1n) is 7.00. The molecule has 0 saturated carbocycles. The predicted octanol–water partition coefficient (Wildman–Crippen LogP) is 4.44. The Bertz CT molecular complexity index is 678. The highest BCUT2D eigenvalue weighted by molar-refractivity contribution is 6.36. The third-order valence-corrected chi connectivity index (χ3v) is 3.64. The van der Waals surface area contributed by atoms with E-state index in [2.05, 4.69) is 5.32 Å². The van der Waals surface area contributed by atoms with Crippen LogP contribution >= 0.6 is 23.2 Å². The van der Waals surface area contributed by atoms with Crippen molar-refractivity contribution in [2.45, 2.75) is 13.5 Å². The molecular weight excluding hydrogens is 337 g/mol. The lowest BCUT2D eigenvalue weighted by Gasteiger charge is -2.16. The first-order chi connectivity index (χ1) is 11.0. The molecule has 7 heteroatoms. The number of amides is 1. The van der Waals surface area contributed by atoms with Gasteiger partial charge in [-0.3, -0.25) is 0 Å². The molecule has 0 bridgehead atoms. The van der Waals surface area contributed by atoms with Gasteiger partial charge >= 0.3 is 6.09 Å². The number of carbonyl (C=O) groups excluding carboxylic acids is 1. The molecule has 2 aromatic rings. The van der Waals surface area contributed by atoms with Crippen LogP contribution in [0.3, 0.4) is 0 Å². The lowest BCUT2D eigenvalue weighted by Crippen LogP contribution is -2.37. The topological polar surface area (TPSA) is 67.6 Å². The molecule has 2 aromatic carbocycles. The van der Waals surface area contributed by atoms with Crippen molar-refractivity contribution in [1.82, 2.24) is 0 Å². The lowest BCUT2D eigenvalue weighted by atomic mass is 10.2. The van der Waals surface area contributed by atoms with Crippen molar-refractivity contribution in [1.29, 1.82) is 0 Å². The molecule has 0 aliphatic heterocycles. The van der Waals surface area contributed by atoms with E-state index >= 15 is 0 Å². The van der Waals surface area contributed by atoms with Gasteiger partial charge < -0.3 is 10.1 Å². The number of carbonyl (C=O) groups is 1. The zero-order chi connectivity index (χ0) is 16.8. The van der Waals surface area contributed by atoms with Crippen molar-refractivity contribution in [3.05, 3.63) is 58.1 Å². The molecular formula is C16H17Cl2N3O2. The van der Waals surface area contributed by atoms with Crippen LogP contribution in [0.4, 0.5) is 16.2 Å². The maximum absolute atomic E-state index is 11.5. The number of anilines is 2. The minimum Gasteiger partial charge on any atom is -0.449 e. The SMILES string of the molecule is CCOC(=O)N(N)c1ccc(CNc2ccc(Cl)cc2Cl)cc1. The highest BCUT2D eigenvalue weighted by Crippen LogP contribution is 2.26. The van der Waals surface area contributed by atoms with Crippen molar-refractivity contribution in [3.63, 3.8) is 0 Å². The Labute approximate surface area is 144 Å². The van der Waals surface area contributed by atoms with Crippen LogP contribution < -0.4 is 16.2 Å². The number of benzene rings is 2.